The number of esters is 1. The fourth-order valence-electron chi connectivity index (χ4n) is 1.42. The Morgan fingerprint density at radius 1 is 1.32 bits per heavy atom. The van der Waals surface area contributed by atoms with Crippen LogP contribution >= 0.6 is 0 Å². The van der Waals surface area contributed by atoms with Crippen molar-refractivity contribution in [2.75, 3.05) is 7.11 Å². The van der Waals surface area contributed by atoms with Gasteiger partial charge in [0.05, 0.1) is 12.0 Å². The largest absolute Gasteiger partial charge is 0.507 e. The number of hydrogen-bond acceptors (Lipinski definition) is 5. The van der Waals surface area contributed by atoms with Crippen molar-refractivity contribution < 1.29 is 23.1 Å². The molecule has 0 aromatic heterocycles. The summed E-state index contributed by atoms with van der Waals surface area (Å²) in [6, 6.07) is 3.44. The highest BCUT2D eigenvalue weighted by Gasteiger charge is 2.24. The molecule has 7 heteroatoms. The molecule has 19 heavy (non-hydrogen) atoms. The van der Waals surface area contributed by atoms with Gasteiger partial charge in [0.2, 0.25) is 10.0 Å². The smallest absolute Gasteiger partial charge is 0.341 e. The van der Waals surface area contributed by atoms with Crippen LogP contribution in [0.4, 0.5) is 0 Å². The standard InChI is InChI=1S/C12H17NO5S/c1-12(2,3)13-19(16,17)8-5-6-10(14)9(7-8)11(15)18-4/h5-7,13-14H,1-4H3. The van der Waals surface area contributed by atoms with Gasteiger partial charge in [0.15, 0.2) is 0 Å². The van der Waals surface area contributed by atoms with Gasteiger partial charge < -0.3 is 9.84 Å². The lowest BCUT2D eigenvalue weighted by Crippen LogP contribution is -2.40. The minimum absolute atomic E-state index is 0.111. The number of phenolic OH excluding ortho intramolecular Hbond substituents is 1. The van der Waals surface area contributed by atoms with Crippen LogP contribution in [0, 0.1) is 0 Å². The van der Waals surface area contributed by atoms with Crippen LogP contribution in [-0.2, 0) is 14.8 Å². The van der Waals surface area contributed by atoms with Crippen molar-refractivity contribution in [1.82, 2.24) is 4.72 Å². The van der Waals surface area contributed by atoms with Gasteiger partial charge in [-0.25, -0.2) is 17.9 Å². The van der Waals surface area contributed by atoms with Gasteiger partial charge in [-0.3, -0.25) is 0 Å². The minimum Gasteiger partial charge on any atom is -0.507 e. The van der Waals surface area contributed by atoms with Gasteiger partial charge in [-0.2, -0.15) is 0 Å². The monoisotopic (exact) mass is 287 g/mol. The zero-order valence-electron chi connectivity index (χ0n) is 11.2. The van der Waals surface area contributed by atoms with E-state index in [1.807, 2.05) is 0 Å². The van der Waals surface area contributed by atoms with E-state index in [9.17, 15) is 18.3 Å². The maximum absolute atomic E-state index is 12.1. The molecular formula is C12H17NO5S. The molecule has 1 rings (SSSR count). The molecule has 0 aliphatic carbocycles. The van der Waals surface area contributed by atoms with Crippen LogP contribution in [-0.4, -0.2) is 32.1 Å². The molecule has 1 aromatic carbocycles. The summed E-state index contributed by atoms with van der Waals surface area (Å²) in [5, 5.41) is 9.52. The molecule has 0 saturated heterocycles. The topological polar surface area (TPSA) is 92.7 Å². The summed E-state index contributed by atoms with van der Waals surface area (Å²) in [5.41, 5.74) is -0.846. The first-order chi connectivity index (χ1) is 8.57. The van der Waals surface area contributed by atoms with E-state index in [-0.39, 0.29) is 16.2 Å². The summed E-state index contributed by atoms with van der Waals surface area (Å²) in [4.78, 5) is 11.3. The third-order valence-corrected chi connectivity index (χ3v) is 3.88. The number of nitrogens with one attached hydrogen (secondary N) is 1. The van der Waals surface area contributed by atoms with E-state index in [2.05, 4.69) is 9.46 Å². The van der Waals surface area contributed by atoms with Crippen LogP contribution in [0.2, 0.25) is 0 Å². The Morgan fingerprint density at radius 2 is 1.89 bits per heavy atom. The molecule has 0 atom stereocenters. The Morgan fingerprint density at radius 3 is 2.37 bits per heavy atom. The second kappa shape index (κ2) is 5.18. The molecule has 0 unspecified atom stereocenters. The fraction of sp³-hybridized carbons (Fsp3) is 0.417. The molecular weight excluding hydrogens is 270 g/mol. The number of carbonyl (C=O) groups excluding carboxylic acids is 1. The van der Waals surface area contributed by atoms with E-state index in [0.29, 0.717) is 0 Å². The second-order valence-corrected chi connectivity index (χ2v) is 6.71. The zero-order chi connectivity index (χ0) is 14.8. The van der Waals surface area contributed by atoms with Crippen molar-refractivity contribution >= 4 is 16.0 Å². The highest BCUT2D eigenvalue weighted by atomic mass is 32.2. The predicted molar refractivity (Wildman–Crippen MR) is 69.5 cm³/mol. The van der Waals surface area contributed by atoms with Gasteiger partial charge in [0.1, 0.15) is 11.3 Å². The number of aromatic hydroxyl groups is 1. The zero-order valence-corrected chi connectivity index (χ0v) is 12.0. The van der Waals surface area contributed by atoms with Crippen LogP contribution in [0.25, 0.3) is 0 Å². The fourth-order valence-corrected chi connectivity index (χ4v) is 2.86. The molecule has 0 spiro atoms. The number of rotatable bonds is 3. The lowest BCUT2D eigenvalue weighted by molar-refractivity contribution is 0.0597. The summed E-state index contributed by atoms with van der Waals surface area (Å²) >= 11 is 0. The van der Waals surface area contributed by atoms with Crippen LogP contribution in [0.15, 0.2) is 23.1 Å². The molecule has 2 N–H and O–H groups in total. The van der Waals surface area contributed by atoms with Crippen LogP contribution in [0.3, 0.4) is 0 Å². The van der Waals surface area contributed by atoms with Gasteiger partial charge in [-0.05, 0) is 39.0 Å². The molecule has 6 nitrogen and oxygen atoms in total. The van der Waals surface area contributed by atoms with E-state index >= 15 is 0 Å². The summed E-state index contributed by atoms with van der Waals surface area (Å²) in [6.07, 6.45) is 0. The summed E-state index contributed by atoms with van der Waals surface area (Å²) < 4.78 is 31.1. The Kier molecular flexibility index (Phi) is 4.21. The van der Waals surface area contributed by atoms with E-state index in [4.69, 9.17) is 0 Å². The Hall–Kier alpha value is -1.60. The summed E-state index contributed by atoms with van der Waals surface area (Å²) in [7, 11) is -2.62. The lowest BCUT2D eigenvalue weighted by atomic mass is 10.1. The number of benzene rings is 1. The van der Waals surface area contributed by atoms with Gasteiger partial charge in [0, 0.05) is 5.54 Å². The number of carbonyl (C=O) groups is 1. The SMILES string of the molecule is COC(=O)c1cc(S(=O)(=O)NC(C)(C)C)ccc1O. The van der Waals surface area contributed by atoms with Crippen molar-refractivity contribution in [3.63, 3.8) is 0 Å². The summed E-state index contributed by atoms with van der Waals surface area (Å²) in [5.74, 6) is -1.13. The highest BCUT2D eigenvalue weighted by molar-refractivity contribution is 7.89. The molecule has 0 aliphatic heterocycles. The molecule has 0 amide bonds. The molecule has 0 saturated carbocycles. The maximum Gasteiger partial charge on any atom is 0.341 e. The van der Waals surface area contributed by atoms with Crippen molar-refractivity contribution in [1.29, 1.82) is 0 Å². The van der Waals surface area contributed by atoms with Crippen LogP contribution in [0.5, 0.6) is 5.75 Å². The van der Waals surface area contributed by atoms with Crippen molar-refractivity contribution in [3.8, 4) is 5.75 Å². The number of methoxy groups -OCH3 is 1. The lowest BCUT2D eigenvalue weighted by Gasteiger charge is -2.20. The predicted octanol–water partition coefficient (Wildman–Crippen LogP) is 1.26. The first-order valence-corrected chi connectivity index (χ1v) is 7.00. The number of hydrogen-bond donors (Lipinski definition) is 2. The van der Waals surface area contributed by atoms with Crippen molar-refractivity contribution in [2.24, 2.45) is 0 Å². The first-order valence-electron chi connectivity index (χ1n) is 5.52. The molecule has 0 radical (unpaired) electrons. The van der Waals surface area contributed by atoms with E-state index in [1.54, 1.807) is 20.8 Å². The number of sulfonamides is 1. The average molecular weight is 287 g/mol. The van der Waals surface area contributed by atoms with E-state index in [0.717, 1.165) is 19.2 Å². The number of ether oxygens (including phenoxy) is 1. The van der Waals surface area contributed by atoms with E-state index in [1.165, 1.54) is 6.07 Å². The molecule has 106 valence electrons. The maximum atomic E-state index is 12.1. The normalized spacial score (nSPS) is 12.2. The molecule has 0 heterocycles. The van der Waals surface area contributed by atoms with Crippen LogP contribution in [0.1, 0.15) is 31.1 Å². The van der Waals surface area contributed by atoms with Crippen molar-refractivity contribution in [2.45, 2.75) is 31.2 Å². The Labute approximate surface area is 112 Å². The quantitative estimate of drug-likeness (QED) is 0.816. The Balaban J connectivity index is 3.26. The van der Waals surface area contributed by atoms with Gasteiger partial charge in [-0.1, -0.05) is 0 Å². The Bertz CT molecular complexity index is 587. The molecule has 0 aliphatic rings. The van der Waals surface area contributed by atoms with E-state index < -0.39 is 21.5 Å². The van der Waals surface area contributed by atoms with Crippen LogP contribution < -0.4 is 4.72 Å². The minimum atomic E-state index is -3.77. The van der Waals surface area contributed by atoms with Crippen molar-refractivity contribution in [3.05, 3.63) is 23.8 Å². The molecule has 0 bridgehead atoms. The second-order valence-electron chi connectivity index (χ2n) is 5.03. The van der Waals surface area contributed by atoms with Gasteiger partial charge >= 0.3 is 5.97 Å². The average Bonchev–Trinajstić information content (AvgIpc) is 2.25. The third-order valence-electron chi connectivity index (χ3n) is 2.12. The third kappa shape index (κ3) is 3.93. The van der Waals surface area contributed by atoms with Gasteiger partial charge in [0.25, 0.3) is 0 Å². The summed E-state index contributed by atoms with van der Waals surface area (Å²) in [6.45, 7) is 5.10. The molecule has 0 fully saturated rings. The number of phenols is 1. The molecule has 1 aromatic rings. The van der Waals surface area contributed by atoms with Gasteiger partial charge in [-0.15, -0.1) is 0 Å². The highest BCUT2D eigenvalue weighted by Crippen LogP contribution is 2.22. The first kappa shape index (κ1) is 15.5.